The minimum absolute atomic E-state index is 0.165. The zero-order chi connectivity index (χ0) is 21.3. The van der Waals surface area contributed by atoms with Crippen molar-refractivity contribution in [2.75, 3.05) is 25.0 Å². The molecule has 0 aliphatic carbocycles. The van der Waals surface area contributed by atoms with Crippen molar-refractivity contribution in [2.45, 2.75) is 37.2 Å². The highest BCUT2D eigenvalue weighted by Crippen LogP contribution is 2.26. The maximum Gasteiger partial charge on any atom is 0.263 e. The number of hydrogen-bond donors (Lipinski definition) is 1. The van der Waals surface area contributed by atoms with E-state index in [-0.39, 0.29) is 16.6 Å². The van der Waals surface area contributed by atoms with Crippen molar-refractivity contribution in [3.05, 3.63) is 59.7 Å². The number of carbonyl (C=O) groups excluding carboxylic acids is 1. The van der Waals surface area contributed by atoms with Gasteiger partial charge in [-0.05, 0) is 43.5 Å². The van der Waals surface area contributed by atoms with Crippen molar-refractivity contribution >= 4 is 27.5 Å². The molecule has 4 rings (SSSR count). The van der Waals surface area contributed by atoms with Crippen molar-refractivity contribution < 1.29 is 13.2 Å². The number of nitrogens with zero attached hydrogens (tertiary/aromatic N) is 3. The van der Waals surface area contributed by atoms with Gasteiger partial charge in [0.05, 0.1) is 4.90 Å². The predicted molar refractivity (Wildman–Crippen MR) is 117 cm³/mol. The first kappa shape index (κ1) is 20.4. The summed E-state index contributed by atoms with van der Waals surface area (Å²) < 4.78 is 27.0. The summed E-state index contributed by atoms with van der Waals surface area (Å²) in [5, 5.41) is 0. The molecule has 0 bridgehead atoms. The highest BCUT2D eigenvalue weighted by Gasteiger charge is 2.31. The van der Waals surface area contributed by atoms with Crippen molar-refractivity contribution in [2.24, 2.45) is 4.99 Å². The number of hydrogen-bond acceptors (Lipinski definition) is 5. The molecule has 2 aliphatic rings. The van der Waals surface area contributed by atoms with Crippen LogP contribution in [0, 0.1) is 0 Å². The monoisotopic (exact) mass is 426 g/mol. The highest BCUT2D eigenvalue weighted by molar-refractivity contribution is 7.90. The van der Waals surface area contributed by atoms with Gasteiger partial charge in [0.15, 0.2) is 0 Å². The van der Waals surface area contributed by atoms with Crippen LogP contribution in [0.2, 0.25) is 0 Å². The molecule has 0 unspecified atom stereocenters. The molecule has 2 aromatic carbocycles. The maximum absolute atomic E-state index is 13.0. The van der Waals surface area contributed by atoms with Crippen LogP contribution in [0.1, 0.15) is 30.9 Å². The second kappa shape index (κ2) is 8.10. The molecule has 1 amide bonds. The Kier molecular flexibility index (Phi) is 5.51. The van der Waals surface area contributed by atoms with Crippen molar-refractivity contribution in [1.82, 2.24) is 9.62 Å². The molecule has 30 heavy (non-hydrogen) atoms. The second-order valence-electron chi connectivity index (χ2n) is 7.77. The highest BCUT2D eigenvalue weighted by atomic mass is 32.2. The van der Waals surface area contributed by atoms with Crippen LogP contribution >= 0.6 is 0 Å². The number of sulfonamides is 1. The Balaban J connectivity index is 1.51. The number of likely N-dealkylation sites (N-methyl/N-ethyl adjacent to an activating group) is 1. The van der Waals surface area contributed by atoms with Crippen molar-refractivity contribution in [1.29, 1.82) is 0 Å². The van der Waals surface area contributed by atoms with Crippen LogP contribution in [0.25, 0.3) is 0 Å². The summed E-state index contributed by atoms with van der Waals surface area (Å²) in [6.45, 7) is 4.24. The Hall–Kier alpha value is -2.87. The lowest BCUT2D eigenvalue weighted by Crippen LogP contribution is -2.35. The van der Waals surface area contributed by atoms with E-state index < -0.39 is 16.1 Å². The van der Waals surface area contributed by atoms with E-state index in [9.17, 15) is 13.2 Å². The number of carbonyl (C=O) groups is 1. The first-order valence-electron chi connectivity index (χ1n) is 10.1. The summed E-state index contributed by atoms with van der Waals surface area (Å²) >= 11 is 0. The van der Waals surface area contributed by atoms with Gasteiger partial charge in [-0.3, -0.25) is 14.5 Å². The molecule has 2 aromatic rings. The third-order valence-electron chi connectivity index (χ3n) is 5.56. The number of para-hydroxylation sites is 1. The molecule has 0 spiro atoms. The van der Waals surface area contributed by atoms with Gasteiger partial charge in [0.2, 0.25) is 5.91 Å². The SMILES string of the molecule is C[C@H](N=C1NS(=O)(=O)c2ccccc21)C(=O)N(C)Cc1ccccc1N1CCCC1. The van der Waals surface area contributed by atoms with E-state index >= 15 is 0 Å². The molecular weight excluding hydrogens is 400 g/mol. The number of fused-ring (bicyclic) bond motifs is 1. The van der Waals surface area contributed by atoms with Crippen LogP contribution in [0.4, 0.5) is 5.69 Å². The number of aliphatic imine (C=N–C) groups is 1. The summed E-state index contributed by atoms with van der Waals surface area (Å²) in [4.78, 5) is 21.6. The van der Waals surface area contributed by atoms with Gasteiger partial charge in [0, 0.05) is 37.9 Å². The summed E-state index contributed by atoms with van der Waals surface area (Å²) in [6.07, 6.45) is 2.38. The second-order valence-corrected chi connectivity index (χ2v) is 9.42. The number of nitrogens with one attached hydrogen (secondary N) is 1. The molecule has 8 heteroatoms. The van der Waals surface area contributed by atoms with Crippen LogP contribution in [0.5, 0.6) is 0 Å². The van der Waals surface area contributed by atoms with Gasteiger partial charge in [0.25, 0.3) is 10.0 Å². The van der Waals surface area contributed by atoms with E-state index in [1.807, 2.05) is 12.1 Å². The Morgan fingerprint density at radius 2 is 1.80 bits per heavy atom. The quantitative estimate of drug-likeness (QED) is 0.796. The first-order chi connectivity index (χ1) is 14.4. The maximum atomic E-state index is 13.0. The topological polar surface area (TPSA) is 82.1 Å². The fourth-order valence-corrected chi connectivity index (χ4v) is 5.28. The predicted octanol–water partition coefficient (Wildman–Crippen LogP) is 2.37. The van der Waals surface area contributed by atoms with Gasteiger partial charge in [-0.15, -0.1) is 0 Å². The van der Waals surface area contributed by atoms with Crippen LogP contribution in [-0.4, -0.2) is 51.2 Å². The van der Waals surface area contributed by atoms with Gasteiger partial charge >= 0.3 is 0 Å². The van der Waals surface area contributed by atoms with Crippen LogP contribution in [0.3, 0.4) is 0 Å². The lowest BCUT2D eigenvalue weighted by atomic mass is 10.1. The van der Waals surface area contributed by atoms with E-state index in [4.69, 9.17) is 0 Å². The number of rotatable bonds is 5. The smallest absolute Gasteiger partial charge is 0.263 e. The van der Waals surface area contributed by atoms with Gasteiger partial charge in [0.1, 0.15) is 11.9 Å². The third kappa shape index (κ3) is 3.92. The zero-order valence-corrected chi connectivity index (χ0v) is 18.0. The van der Waals surface area contributed by atoms with E-state index in [2.05, 4.69) is 26.7 Å². The summed E-state index contributed by atoms with van der Waals surface area (Å²) in [5.41, 5.74) is 2.77. The average Bonchev–Trinajstić information content (AvgIpc) is 3.35. The van der Waals surface area contributed by atoms with Gasteiger partial charge in [-0.2, -0.15) is 0 Å². The zero-order valence-electron chi connectivity index (χ0n) is 17.2. The van der Waals surface area contributed by atoms with Crippen molar-refractivity contribution in [3.8, 4) is 0 Å². The summed E-state index contributed by atoms with van der Waals surface area (Å²) in [6, 6.07) is 14.1. The molecule has 1 N–H and O–H groups in total. The molecule has 7 nitrogen and oxygen atoms in total. The molecule has 158 valence electrons. The summed E-state index contributed by atoms with van der Waals surface area (Å²) in [7, 11) is -1.86. The van der Waals surface area contributed by atoms with Crippen molar-refractivity contribution in [3.63, 3.8) is 0 Å². The largest absolute Gasteiger partial charge is 0.371 e. The molecule has 1 atom stereocenters. The lowest BCUT2D eigenvalue weighted by Gasteiger charge is -2.25. The number of amides is 1. The Morgan fingerprint density at radius 1 is 1.13 bits per heavy atom. The van der Waals surface area contributed by atoms with Gasteiger partial charge in [-0.25, -0.2) is 8.42 Å². The van der Waals surface area contributed by atoms with Gasteiger partial charge < -0.3 is 9.80 Å². The van der Waals surface area contributed by atoms with Crippen LogP contribution < -0.4 is 9.62 Å². The number of anilines is 1. The molecule has 2 aliphatic heterocycles. The van der Waals surface area contributed by atoms with Crippen LogP contribution in [0.15, 0.2) is 58.4 Å². The van der Waals surface area contributed by atoms with E-state index in [0.29, 0.717) is 12.1 Å². The lowest BCUT2D eigenvalue weighted by molar-refractivity contribution is -0.131. The van der Waals surface area contributed by atoms with Gasteiger partial charge in [-0.1, -0.05) is 30.3 Å². The number of amidine groups is 1. The van der Waals surface area contributed by atoms with E-state index in [1.165, 1.54) is 24.6 Å². The average molecular weight is 427 g/mol. The normalized spacial score (nSPS) is 19.4. The minimum atomic E-state index is -3.62. The Bertz CT molecular complexity index is 1090. The Morgan fingerprint density at radius 3 is 2.57 bits per heavy atom. The molecular formula is C22H26N4O3S. The fraction of sp³-hybridized carbons (Fsp3) is 0.364. The number of benzene rings is 2. The fourth-order valence-electron chi connectivity index (χ4n) is 4.04. The Labute approximate surface area is 177 Å². The molecule has 0 aromatic heterocycles. The first-order valence-corrected chi connectivity index (χ1v) is 11.6. The minimum Gasteiger partial charge on any atom is -0.371 e. The standard InChI is InChI=1S/C22H26N4O3S/c1-16(23-21-18-10-4-6-12-20(18)30(28,29)24-21)22(27)25(2)15-17-9-3-5-11-19(17)26-13-7-8-14-26/h3-6,9-12,16H,7-8,13-15H2,1-2H3,(H,23,24)/t16-/m0/s1. The molecule has 1 saturated heterocycles. The third-order valence-corrected chi connectivity index (χ3v) is 6.96. The van der Waals surface area contributed by atoms with Crippen LogP contribution in [-0.2, 0) is 21.4 Å². The molecule has 0 saturated carbocycles. The molecule has 2 heterocycles. The van der Waals surface area contributed by atoms with E-state index in [0.717, 1.165) is 18.7 Å². The van der Waals surface area contributed by atoms with E-state index in [1.54, 1.807) is 37.1 Å². The molecule has 1 fully saturated rings. The molecule has 0 radical (unpaired) electrons. The summed E-state index contributed by atoms with van der Waals surface area (Å²) in [5.74, 6) is 0.0552.